The molecule has 0 spiro atoms. The lowest BCUT2D eigenvalue weighted by molar-refractivity contribution is -0.131. The van der Waals surface area contributed by atoms with Gasteiger partial charge in [0.2, 0.25) is 0 Å². The SMILES string of the molecule is O=C(O)/C=C/c1ccc(C(=O)NC2CCCSC2)c(F)c1. The highest BCUT2D eigenvalue weighted by molar-refractivity contribution is 7.99. The van der Waals surface area contributed by atoms with Crippen LogP contribution in [0.3, 0.4) is 0 Å². The van der Waals surface area contributed by atoms with Crippen LogP contribution in [0.2, 0.25) is 0 Å². The van der Waals surface area contributed by atoms with Crippen molar-refractivity contribution in [2.75, 3.05) is 11.5 Å². The summed E-state index contributed by atoms with van der Waals surface area (Å²) in [5.74, 6) is -0.220. The summed E-state index contributed by atoms with van der Waals surface area (Å²) in [6, 6.07) is 4.14. The smallest absolute Gasteiger partial charge is 0.328 e. The summed E-state index contributed by atoms with van der Waals surface area (Å²) >= 11 is 1.78. The molecule has 4 nitrogen and oxygen atoms in total. The Labute approximate surface area is 126 Å². The molecule has 1 atom stereocenters. The molecule has 6 heteroatoms. The standard InChI is InChI=1S/C15H16FNO3S/c16-13-8-10(4-6-14(18)19)3-5-12(13)15(20)17-11-2-1-7-21-9-11/h3-6,8,11H,1-2,7,9H2,(H,17,20)(H,18,19)/b6-4+. The van der Waals surface area contributed by atoms with E-state index >= 15 is 0 Å². The molecule has 1 unspecified atom stereocenters. The summed E-state index contributed by atoms with van der Waals surface area (Å²) in [5, 5.41) is 11.4. The average molecular weight is 309 g/mol. The van der Waals surface area contributed by atoms with E-state index in [2.05, 4.69) is 5.32 Å². The van der Waals surface area contributed by atoms with E-state index < -0.39 is 17.7 Å². The zero-order valence-electron chi connectivity index (χ0n) is 11.3. The van der Waals surface area contributed by atoms with Gasteiger partial charge in [-0.2, -0.15) is 11.8 Å². The molecule has 1 aromatic carbocycles. The number of carbonyl (C=O) groups excluding carboxylic acids is 1. The number of halogens is 1. The Hall–Kier alpha value is -1.82. The fraction of sp³-hybridized carbons (Fsp3) is 0.333. The van der Waals surface area contributed by atoms with Crippen LogP contribution < -0.4 is 5.32 Å². The minimum absolute atomic E-state index is 0.0157. The summed E-state index contributed by atoms with van der Waals surface area (Å²) in [7, 11) is 0. The van der Waals surface area contributed by atoms with Gasteiger partial charge in [-0.05, 0) is 42.4 Å². The van der Waals surface area contributed by atoms with Gasteiger partial charge in [0.05, 0.1) is 5.56 Å². The minimum atomic E-state index is -1.10. The Morgan fingerprint density at radius 3 is 2.86 bits per heavy atom. The number of hydrogen-bond donors (Lipinski definition) is 2. The molecule has 1 aromatic rings. The van der Waals surface area contributed by atoms with Crippen LogP contribution in [0.25, 0.3) is 6.08 Å². The van der Waals surface area contributed by atoms with Crippen molar-refractivity contribution in [3.63, 3.8) is 0 Å². The Balaban J connectivity index is 2.05. The summed E-state index contributed by atoms with van der Waals surface area (Å²) in [4.78, 5) is 22.4. The molecule has 0 aliphatic carbocycles. The molecule has 0 bridgehead atoms. The third-order valence-corrected chi connectivity index (χ3v) is 4.37. The van der Waals surface area contributed by atoms with E-state index in [9.17, 15) is 14.0 Å². The first-order valence-corrected chi connectivity index (χ1v) is 7.81. The van der Waals surface area contributed by atoms with Gasteiger partial charge in [-0.15, -0.1) is 0 Å². The molecule has 2 N–H and O–H groups in total. The van der Waals surface area contributed by atoms with Gasteiger partial charge in [0.1, 0.15) is 5.82 Å². The van der Waals surface area contributed by atoms with E-state index in [1.54, 1.807) is 11.8 Å². The summed E-state index contributed by atoms with van der Waals surface area (Å²) in [6.07, 6.45) is 4.18. The second kappa shape index (κ2) is 7.26. The molecule has 1 fully saturated rings. The molecule has 2 rings (SSSR count). The summed E-state index contributed by atoms with van der Waals surface area (Å²) in [5.41, 5.74) is 0.387. The maximum atomic E-state index is 13.9. The number of amides is 1. The van der Waals surface area contributed by atoms with Crippen molar-refractivity contribution in [1.82, 2.24) is 5.32 Å². The number of aliphatic carboxylic acids is 1. The van der Waals surface area contributed by atoms with Crippen LogP contribution >= 0.6 is 11.8 Å². The average Bonchev–Trinajstić information content (AvgIpc) is 2.46. The van der Waals surface area contributed by atoms with Gasteiger partial charge in [-0.25, -0.2) is 9.18 Å². The van der Waals surface area contributed by atoms with Crippen LogP contribution in [0.15, 0.2) is 24.3 Å². The first kappa shape index (κ1) is 15.6. The Kier molecular flexibility index (Phi) is 5.38. The van der Waals surface area contributed by atoms with E-state index in [0.29, 0.717) is 5.56 Å². The predicted molar refractivity (Wildman–Crippen MR) is 80.9 cm³/mol. The van der Waals surface area contributed by atoms with E-state index in [4.69, 9.17) is 5.11 Å². The van der Waals surface area contributed by atoms with Gasteiger partial charge < -0.3 is 10.4 Å². The second-order valence-electron chi connectivity index (χ2n) is 4.80. The van der Waals surface area contributed by atoms with Gasteiger partial charge in [-0.3, -0.25) is 4.79 Å². The number of nitrogens with one attached hydrogen (secondary N) is 1. The van der Waals surface area contributed by atoms with Crippen LogP contribution in [0.4, 0.5) is 4.39 Å². The highest BCUT2D eigenvalue weighted by Crippen LogP contribution is 2.18. The lowest BCUT2D eigenvalue weighted by atomic mass is 10.1. The van der Waals surface area contributed by atoms with Gasteiger partial charge in [0.25, 0.3) is 5.91 Å². The van der Waals surface area contributed by atoms with E-state index in [-0.39, 0.29) is 11.6 Å². The number of carboxylic acids is 1. The molecule has 1 aliphatic heterocycles. The molecular formula is C15H16FNO3S. The zero-order chi connectivity index (χ0) is 15.2. The van der Waals surface area contributed by atoms with Crippen LogP contribution in [0.1, 0.15) is 28.8 Å². The lowest BCUT2D eigenvalue weighted by Gasteiger charge is -2.22. The highest BCUT2D eigenvalue weighted by atomic mass is 32.2. The molecule has 21 heavy (non-hydrogen) atoms. The third kappa shape index (κ3) is 4.60. The van der Waals surface area contributed by atoms with E-state index in [1.165, 1.54) is 18.2 Å². The highest BCUT2D eigenvalue weighted by Gasteiger charge is 2.19. The first-order valence-electron chi connectivity index (χ1n) is 6.65. The monoisotopic (exact) mass is 309 g/mol. The van der Waals surface area contributed by atoms with E-state index in [1.807, 2.05) is 0 Å². The van der Waals surface area contributed by atoms with Crippen LogP contribution in [0, 0.1) is 5.82 Å². The molecule has 0 aromatic heterocycles. The fourth-order valence-corrected chi connectivity index (χ4v) is 3.18. The van der Waals surface area contributed by atoms with Crippen molar-refractivity contribution in [3.8, 4) is 0 Å². The molecule has 1 saturated heterocycles. The van der Waals surface area contributed by atoms with Crippen molar-refractivity contribution in [3.05, 3.63) is 41.2 Å². The number of benzene rings is 1. The van der Waals surface area contributed by atoms with Gasteiger partial charge in [0.15, 0.2) is 0 Å². The minimum Gasteiger partial charge on any atom is -0.478 e. The number of carbonyl (C=O) groups is 2. The molecule has 1 heterocycles. The maximum absolute atomic E-state index is 13.9. The number of hydrogen-bond acceptors (Lipinski definition) is 3. The lowest BCUT2D eigenvalue weighted by Crippen LogP contribution is -2.38. The third-order valence-electron chi connectivity index (χ3n) is 3.15. The van der Waals surface area contributed by atoms with Crippen molar-refractivity contribution < 1.29 is 19.1 Å². The van der Waals surface area contributed by atoms with Crippen molar-refractivity contribution >= 4 is 29.7 Å². The van der Waals surface area contributed by atoms with Crippen LogP contribution in [0.5, 0.6) is 0 Å². The number of carboxylic acid groups (broad SMARTS) is 1. The van der Waals surface area contributed by atoms with Gasteiger partial charge in [0, 0.05) is 17.9 Å². The Morgan fingerprint density at radius 1 is 1.43 bits per heavy atom. The largest absolute Gasteiger partial charge is 0.478 e. The van der Waals surface area contributed by atoms with Crippen LogP contribution in [-0.2, 0) is 4.79 Å². The molecule has 1 aliphatic rings. The van der Waals surface area contributed by atoms with Crippen molar-refractivity contribution in [2.24, 2.45) is 0 Å². The van der Waals surface area contributed by atoms with Crippen molar-refractivity contribution in [2.45, 2.75) is 18.9 Å². The first-order chi connectivity index (χ1) is 10.1. The maximum Gasteiger partial charge on any atom is 0.328 e. The number of rotatable bonds is 4. The molecular weight excluding hydrogens is 293 g/mol. The Morgan fingerprint density at radius 2 is 2.24 bits per heavy atom. The topological polar surface area (TPSA) is 66.4 Å². The molecule has 0 radical (unpaired) electrons. The second-order valence-corrected chi connectivity index (χ2v) is 5.95. The summed E-state index contributed by atoms with van der Waals surface area (Å²) < 4.78 is 13.9. The molecule has 1 amide bonds. The van der Waals surface area contributed by atoms with Crippen LogP contribution in [-0.4, -0.2) is 34.5 Å². The predicted octanol–water partition coefficient (Wildman–Crippen LogP) is 2.55. The van der Waals surface area contributed by atoms with Crippen molar-refractivity contribution in [1.29, 1.82) is 0 Å². The quantitative estimate of drug-likeness (QED) is 0.839. The normalized spacial score (nSPS) is 18.6. The molecule has 0 saturated carbocycles. The fourth-order valence-electron chi connectivity index (χ4n) is 2.10. The van der Waals surface area contributed by atoms with Gasteiger partial charge >= 0.3 is 5.97 Å². The Bertz CT molecular complexity index is 568. The number of thioether (sulfide) groups is 1. The molecule has 112 valence electrons. The van der Waals surface area contributed by atoms with E-state index in [0.717, 1.165) is 36.5 Å². The zero-order valence-corrected chi connectivity index (χ0v) is 12.2. The summed E-state index contributed by atoms with van der Waals surface area (Å²) in [6.45, 7) is 0. The van der Waals surface area contributed by atoms with Gasteiger partial charge in [-0.1, -0.05) is 6.07 Å².